The Kier molecular flexibility index (Phi) is 4.48. The van der Waals surface area contributed by atoms with Crippen molar-refractivity contribution in [3.63, 3.8) is 0 Å². The second-order valence-electron chi connectivity index (χ2n) is 8.26. The van der Waals surface area contributed by atoms with Crippen molar-refractivity contribution in [2.75, 3.05) is 0 Å². The molecule has 1 aliphatic rings. The van der Waals surface area contributed by atoms with E-state index in [2.05, 4.69) is 121 Å². The molecule has 0 amide bonds. The summed E-state index contributed by atoms with van der Waals surface area (Å²) >= 11 is 6.58. The first-order valence-corrected chi connectivity index (χ1v) is 11.3. The van der Waals surface area contributed by atoms with Crippen LogP contribution in [-0.2, 0) is 5.41 Å². The minimum atomic E-state index is -0.454. The van der Waals surface area contributed by atoms with Gasteiger partial charge in [0.2, 0.25) is 0 Å². The molecule has 0 fully saturated rings. The van der Waals surface area contributed by atoms with Crippen LogP contribution in [0.15, 0.2) is 127 Å². The highest BCUT2D eigenvalue weighted by Gasteiger charge is 2.47. The van der Waals surface area contributed by atoms with Crippen molar-refractivity contribution < 1.29 is 0 Å². The van der Waals surface area contributed by atoms with Gasteiger partial charge in [-0.05, 0) is 56.6 Å². The van der Waals surface area contributed by atoms with E-state index < -0.39 is 5.41 Å². The number of halogens is 1. The van der Waals surface area contributed by atoms with Gasteiger partial charge < -0.3 is 0 Å². The Morgan fingerprint density at radius 1 is 0.438 bits per heavy atom. The Morgan fingerprint density at radius 3 is 1.53 bits per heavy atom. The number of benzene rings is 5. The fraction of sp³-hybridized carbons (Fsp3) is 0.0323. The van der Waals surface area contributed by atoms with Gasteiger partial charge in [0.1, 0.15) is 0 Å². The summed E-state index contributed by atoms with van der Waals surface area (Å²) in [5, 5.41) is 0.751. The van der Waals surface area contributed by atoms with Crippen molar-refractivity contribution in [3.05, 3.63) is 155 Å². The summed E-state index contributed by atoms with van der Waals surface area (Å²) in [6, 6.07) is 45.4. The molecular weight excluding hydrogens is 408 g/mol. The molecule has 32 heavy (non-hydrogen) atoms. The Hall–Kier alpha value is -3.61. The van der Waals surface area contributed by atoms with Crippen LogP contribution in [0.2, 0.25) is 5.02 Å². The van der Waals surface area contributed by atoms with Crippen molar-refractivity contribution in [1.29, 1.82) is 0 Å². The fourth-order valence-electron chi connectivity index (χ4n) is 5.39. The SMILES string of the molecule is Clc1cccc(C2(c3ccccc3-c3ccccc3)c3ccccc3-c3ccccc32)c1. The Bertz CT molecular complexity index is 1390. The molecule has 0 saturated carbocycles. The molecule has 0 nitrogen and oxygen atoms in total. The predicted octanol–water partition coefficient (Wildman–Crippen LogP) is 8.37. The molecule has 0 spiro atoms. The molecule has 0 bridgehead atoms. The zero-order valence-corrected chi connectivity index (χ0v) is 18.3. The molecule has 0 aliphatic heterocycles. The van der Waals surface area contributed by atoms with Crippen molar-refractivity contribution in [2.24, 2.45) is 0 Å². The first-order valence-electron chi connectivity index (χ1n) is 10.9. The number of rotatable bonds is 3. The van der Waals surface area contributed by atoms with Gasteiger partial charge in [0.15, 0.2) is 0 Å². The molecular formula is C31H21Cl. The zero-order chi connectivity index (χ0) is 21.5. The molecule has 152 valence electrons. The first-order chi connectivity index (χ1) is 15.8. The van der Waals surface area contributed by atoms with Gasteiger partial charge in [-0.1, -0.05) is 127 Å². The van der Waals surface area contributed by atoms with Gasteiger partial charge in [0.25, 0.3) is 0 Å². The minimum Gasteiger partial charge on any atom is -0.0843 e. The van der Waals surface area contributed by atoms with E-state index in [1.165, 1.54) is 44.5 Å². The normalized spacial score (nSPS) is 13.4. The summed E-state index contributed by atoms with van der Waals surface area (Å²) in [6.45, 7) is 0. The second kappa shape index (κ2) is 7.51. The zero-order valence-electron chi connectivity index (χ0n) is 17.5. The molecule has 0 unspecified atom stereocenters. The van der Waals surface area contributed by atoms with E-state index in [0.29, 0.717) is 0 Å². The summed E-state index contributed by atoms with van der Waals surface area (Å²) in [7, 11) is 0. The molecule has 1 heteroatoms. The van der Waals surface area contributed by atoms with Crippen molar-refractivity contribution in [1.82, 2.24) is 0 Å². The summed E-state index contributed by atoms with van der Waals surface area (Å²) in [5.41, 5.74) is 9.61. The lowest BCUT2D eigenvalue weighted by atomic mass is 9.66. The average Bonchev–Trinajstić information content (AvgIpc) is 3.16. The third-order valence-corrected chi connectivity index (χ3v) is 6.86. The van der Waals surface area contributed by atoms with Gasteiger partial charge in [-0.15, -0.1) is 0 Å². The standard InChI is InChI=1S/C31H21Cl/c32-24-14-10-13-23(21-24)31(28-18-7-4-15-25(28)22-11-2-1-3-12-22)29-19-8-5-16-26(29)27-17-6-9-20-30(27)31/h1-21H. The summed E-state index contributed by atoms with van der Waals surface area (Å²) in [6.07, 6.45) is 0. The highest BCUT2D eigenvalue weighted by atomic mass is 35.5. The molecule has 0 heterocycles. The highest BCUT2D eigenvalue weighted by molar-refractivity contribution is 6.30. The van der Waals surface area contributed by atoms with Crippen LogP contribution >= 0.6 is 11.6 Å². The Morgan fingerprint density at radius 2 is 0.938 bits per heavy atom. The maximum atomic E-state index is 6.58. The third-order valence-electron chi connectivity index (χ3n) is 6.63. The molecule has 0 N–H and O–H groups in total. The minimum absolute atomic E-state index is 0.454. The first kappa shape index (κ1) is 19.1. The number of hydrogen-bond donors (Lipinski definition) is 0. The Balaban J connectivity index is 1.80. The molecule has 5 aromatic carbocycles. The summed E-state index contributed by atoms with van der Waals surface area (Å²) in [4.78, 5) is 0. The van der Waals surface area contributed by atoms with Crippen LogP contribution in [0, 0.1) is 0 Å². The molecule has 5 aromatic rings. The van der Waals surface area contributed by atoms with Crippen molar-refractivity contribution in [3.8, 4) is 22.3 Å². The van der Waals surface area contributed by atoms with Crippen LogP contribution in [0.25, 0.3) is 22.3 Å². The van der Waals surface area contributed by atoms with Crippen LogP contribution < -0.4 is 0 Å². The number of hydrogen-bond acceptors (Lipinski definition) is 0. The lowest BCUT2D eigenvalue weighted by Gasteiger charge is -2.35. The van der Waals surface area contributed by atoms with Crippen molar-refractivity contribution >= 4 is 11.6 Å². The Labute approximate surface area is 193 Å². The van der Waals surface area contributed by atoms with Gasteiger partial charge in [0.05, 0.1) is 5.41 Å². The summed E-state index contributed by atoms with van der Waals surface area (Å²) in [5.74, 6) is 0. The lowest BCUT2D eigenvalue weighted by molar-refractivity contribution is 0.770. The van der Waals surface area contributed by atoms with Crippen molar-refractivity contribution in [2.45, 2.75) is 5.41 Å². The van der Waals surface area contributed by atoms with Crippen LogP contribution in [0.1, 0.15) is 22.3 Å². The number of fused-ring (bicyclic) bond motifs is 3. The molecule has 0 aromatic heterocycles. The third kappa shape index (κ3) is 2.70. The maximum absolute atomic E-state index is 6.58. The van der Waals surface area contributed by atoms with Crippen LogP contribution in [0.5, 0.6) is 0 Å². The smallest absolute Gasteiger partial charge is 0.0720 e. The van der Waals surface area contributed by atoms with Gasteiger partial charge in [-0.25, -0.2) is 0 Å². The largest absolute Gasteiger partial charge is 0.0843 e. The predicted molar refractivity (Wildman–Crippen MR) is 134 cm³/mol. The fourth-order valence-corrected chi connectivity index (χ4v) is 5.58. The van der Waals surface area contributed by atoms with E-state index in [-0.39, 0.29) is 0 Å². The van der Waals surface area contributed by atoms with Crippen LogP contribution in [0.3, 0.4) is 0 Å². The van der Waals surface area contributed by atoms with E-state index in [4.69, 9.17) is 11.6 Å². The maximum Gasteiger partial charge on any atom is 0.0720 e. The van der Waals surface area contributed by atoms with E-state index in [1.807, 2.05) is 6.07 Å². The van der Waals surface area contributed by atoms with Crippen LogP contribution in [0.4, 0.5) is 0 Å². The molecule has 0 atom stereocenters. The molecule has 1 aliphatic carbocycles. The average molecular weight is 429 g/mol. The van der Waals surface area contributed by atoms with Gasteiger partial charge in [-0.2, -0.15) is 0 Å². The topological polar surface area (TPSA) is 0 Å². The van der Waals surface area contributed by atoms with Gasteiger partial charge in [0, 0.05) is 5.02 Å². The van der Waals surface area contributed by atoms with E-state index in [1.54, 1.807) is 0 Å². The van der Waals surface area contributed by atoms with Gasteiger partial charge in [-0.3, -0.25) is 0 Å². The molecule has 0 radical (unpaired) electrons. The van der Waals surface area contributed by atoms with E-state index in [9.17, 15) is 0 Å². The quantitative estimate of drug-likeness (QED) is 0.265. The summed E-state index contributed by atoms with van der Waals surface area (Å²) < 4.78 is 0. The van der Waals surface area contributed by atoms with E-state index >= 15 is 0 Å². The van der Waals surface area contributed by atoms with Crippen LogP contribution in [-0.4, -0.2) is 0 Å². The monoisotopic (exact) mass is 428 g/mol. The second-order valence-corrected chi connectivity index (χ2v) is 8.70. The lowest BCUT2D eigenvalue weighted by Crippen LogP contribution is -2.29. The molecule has 6 rings (SSSR count). The molecule has 0 saturated heterocycles. The van der Waals surface area contributed by atoms with E-state index in [0.717, 1.165) is 5.02 Å². The van der Waals surface area contributed by atoms with Gasteiger partial charge >= 0.3 is 0 Å². The highest BCUT2D eigenvalue weighted by Crippen LogP contribution is 2.57.